The lowest BCUT2D eigenvalue weighted by Crippen LogP contribution is -2.25. The zero-order chi connectivity index (χ0) is 13.2. The fourth-order valence-corrected chi connectivity index (χ4v) is 1.87. The van der Waals surface area contributed by atoms with Gasteiger partial charge in [0.25, 0.3) is 0 Å². The van der Waals surface area contributed by atoms with Gasteiger partial charge < -0.3 is 15.6 Å². The standard InChI is InChI=1S/C15H17NO2/c1-15(2,13-5-3-4-6-14(13)17)18-12-9-7-11(16)8-10-12/h3-10,17H,16H2,1-2H3. The van der Waals surface area contributed by atoms with Gasteiger partial charge in [-0.1, -0.05) is 18.2 Å². The molecular weight excluding hydrogens is 226 g/mol. The zero-order valence-electron chi connectivity index (χ0n) is 10.6. The SMILES string of the molecule is CC(C)(Oc1ccc(N)cc1)c1ccccc1O. The van der Waals surface area contributed by atoms with Crippen LogP contribution in [0.5, 0.6) is 11.5 Å². The number of aromatic hydroxyl groups is 1. The van der Waals surface area contributed by atoms with E-state index in [0.29, 0.717) is 5.69 Å². The Morgan fingerprint density at radius 3 is 2.22 bits per heavy atom. The van der Waals surface area contributed by atoms with Crippen LogP contribution in [0.3, 0.4) is 0 Å². The van der Waals surface area contributed by atoms with Crippen LogP contribution in [0, 0.1) is 0 Å². The Morgan fingerprint density at radius 1 is 1.00 bits per heavy atom. The molecule has 0 radical (unpaired) electrons. The third-order valence-electron chi connectivity index (χ3n) is 2.81. The Labute approximate surface area is 107 Å². The Balaban J connectivity index is 2.27. The smallest absolute Gasteiger partial charge is 0.132 e. The van der Waals surface area contributed by atoms with Gasteiger partial charge >= 0.3 is 0 Å². The van der Waals surface area contributed by atoms with Gasteiger partial charge in [0.1, 0.15) is 17.1 Å². The highest BCUT2D eigenvalue weighted by Crippen LogP contribution is 2.33. The van der Waals surface area contributed by atoms with E-state index < -0.39 is 5.60 Å². The van der Waals surface area contributed by atoms with Crippen molar-refractivity contribution in [2.75, 3.05) is 5.73 Å². The second kappa shape index (κ2) is 4.61. The molecule has 3 nitrogen and oxygen atoms in total. The van der Waals surface area contributed by atoms with Gasteiger partial charge in [0, 0.05) is 11.3 Å². The average molecular weight is 243 g/mol. The van der Waals surface area contributed by atoms with Crippen molar-refractivity contribution in [2.24, 2.45) is 0 Å². The van der Waals surface area contributed by atoms with Crippen LogP contribution in [-0.4, -0.2) is 5.11 Å². The second-order valence-corrected chi connectivity index (χ2v) is 4.70. The molecule has 2 aromatic carbocycles. The number of hydrogen-bond acceptors (Lipinski definition) is 3. The van der Waals surface area contributed by atoms with Crippen LogP contribution in [0.25, 0.3) is 0 Å². The van der Waals surface area contributed by atoms with Crippen molar-refractivity contribution in [1.82, 2.24) is 0 Å². The highest BCUT2D eigenvalue weighted by atomic mass is 16.5. The van der Waals surface area contributed by atoms with Gasteiger partial charge in [0.05, 0.1) is 0 Å². The quantitative estimate of drug-likeness (QED) is 0.813. The number of nitrogen functional groups attached to an aromatic ring is 1. The summed E-state index contributed by atoms with van der Waals surface area (Å²) in [6.45, 7) is 3.83. The predicted octanol–water partition coefficient (Wildman–Crippen LogP) is 3.29. The summed E-state index contributed by atoms with van der Waals surface area (Å²) in [7, 11) is 0. The first kappa shape index (κ1) is 12.3. The summed E-state index contributed by atoms with van der Waals surface area (Å²) in [6, 6.07) is 14.4. The summed E-state index contributed by atoms with van der Waals surface area (Å²) in [5, 5.41) is 9.87. The lowest BCUT2D eigenvalue weighted by molar-refractivity contribution is 0.105. The van der Waals surface area contributed by atoms with Crippen molar-refractivity contribution in [3.63, 3.8) is 0 Å². The Hall–Kier alpha value is -2.16. The number of nitrogens with two attached hydrogens (primary N) is 1. The maximum absolute atomic E-state index is 9.87. The normalized spacial score (nSPS) is 11.2. The molecule has 0 aromatic heterocycles. The fraction of sp³-hybridized carbons (Fsp3) is 0.200. The van der Waals surface area contributed by atoms with Gasteiger partial charge in [-0.2, -0.15) is 0 Å². The maximum atomic E-state index is 9.87. The van der Waals surface area contributed by atoms with Crippen LogP contribution in [0.4, 0.5) is 5.69 Å². The second-order valence-electron chi connectivity index (χ2n) is 4.70. The van der Waals surface area contributed by atoms with Gasteiger partial charge in [-0.05, 0) is 44.2 Å². The highest BCUT2D eigenvalue weighted by molar-refractivity contribution is 5.43. The Bertz CT molecular complexity index is 532. The lowest BCUT2D eigenvalue weighted by atomic mass is 9.97. The predicted molar refractivity (Wildman–Crippen MR) is 72.6 cm³/mol. The third kappa shape index (κ3) is 2.56. The van der Waals surface area contributed by atoms with E-state index in [2.05, 4.69) is 0 Å². The third-order valence-corrected chi connectivity index (χ3v) is 2.81. The lowest BCUT2D eigenvalue weighted by Gasteiger charge is -2.27. The zero-order valence-corrected chi connectivity index (χ0v) is 10.6. The van der Waals surface area contributed by atoms with Crippen molar-refractivity contribution in [3.8, 4) is 11.5 Å². The summed E-state index contributed by atoms with van der Waals surface area (Å²) in [4.78, 5) is 0. The molecule has 0 unspecified atom stereocenters. The van der Waals surface area contributed by atoms with Crippen molar-refractivity contribution in [1.29, 1.82) is 0 Å². The topological polar surface area (TPSA) is 55.5 Å². The largest absolute Gasteiger partial charge is 0.508 e. The molecule has 0 aliphatic carbocycles. The van der Waals surface area contributed by atoms with Crippen molar-refractivity contribution in [2.45, 2.75) is 19.4 Å². The first-order valence-electron chi connectivity index (χ1n) is 5.82. The molecule has 0 atom stereocenters. The molecule has 0 saturated carbocycles. The molecule has 0 spiro atoms. The van der Waals surface area contributed by atoms with Gasteiger partial charge in [-0.25, -0.2) is 0 Å². The molecule has 0 aliphatic rings. The first-order chi connectivity index (χ1) is 8.49. The number of rotatable bonds is 3. The van der Waals surface area contributed by atoms with Crippen LogP contribution >= 0.6 is 0 Å². The molecule has 0 amide bonds. The molecule has 0 fully saturated rings. The average Bonchev–Trinajstić information content (AvgIpc) is 2.32. The van der Waals surface area contributed by atoms with Crippen LogP contribution in [-0.2, 0) is 5.60 Å². The minimum Gasteiger partial charge on any atom is -0.508 e. The molecule has 3 heteroatoms. The van der Waals surface area contributed by atoms with Gasteiger partial charge in [0.15, 0.2) is 0 Å². The Kier molecular flexibility index (Phi) is 3.15. The van der Waals surface area contributed by atoms with Gasteiger partial charge in [-0.3, -0.25) is 0 Å². The highest BCUT2D eigenvalue weighted by Gasteiger charge is 2.25. The summed E-state index contributed by atoms with van der Waals surface area (Å²) in [5.74, 6) is 0.954. The molecule has 2 aromatic rings. The van der Waals surface area contributed by atoms with E-state index in [-0.39, 0.29) is 5.75 Å². The van der Waals surface area contributed by atoms with Crippen LogP contribution < -0.4 is 10.5 Å². The van der Waals surface area contributed by atoms with E-state index in [4.69, 9.17) is 10.5 Å². The minimum atomic E-state index is -0.610. The number of phenolic OH excluding ortho intramolecular Hbond substituents is 1. The molecule has 0 aliphatic heterocycles. The minimum absolute atomic E-state index is 0.234. The molecule has 2 rings (SSSR count). The van der Waals surface area contributed by atoms with E-state index in [1.165, 1.54) is 0 Å². The van der Waals surface area contributed by atoms with E-state index in [1.807, 2.05) is 38.1 Å². The number of hydrogen-bond donors (Lipinski definition) is 2. The molecule has 3 N–H and O–H groups in total. The van der Waals surface area contributed by atoms with Crippen LogP contribution in [0.2, 0.25) is 0 Å². The fourth-order valence-electron chi connectivity index (χ4n) is 1.87. The monoisotopic (exact) mass is 243 g/mol. The number of para-hydroxylation sites is 1. The molecule has 18 heavy (non-hydrogen) atoms. The number of anilines is 1. The summed E-state index contributed by atoms with van der Waals surface area (Å²) in [5.41, 5.74) is 6.47. The van der Waals surface area contributed by atoms with Crippen molar-refractivity contribution >= 4 is 5.69 Å². The molecular formula is C15H17NO2. The molecule has 0 saturated heterocycles. The number of ether oxygens (including phenoxy) is 1. The van der Waals surface area contributed by atoms with E-state index in [0.717, 1.165) is 11.3 Å². The summed E-state index contributed by atoms with van der Waals surface area (Å²) in [6.07, 6.45) is 0. The van der Waals surface area contributed by atoms with Gasteiger partial charge in [0.2, 0.25) is 0 Å². The van der Waals surface area contributed by atoms with Crippen LogP contribution in [0.1, 0.15) is 19.4 Å². The maximum Gasteiger partial charge on any atom is 0.132 e. The molecule has 0 heterocycles. The van der Waals surface area contributed by atoms with Crippen molar-refractivity contribution in [3.05, 3.63) is 54.1 Å². The van der Waals surface area contributed by atoms with E-state index >= 15 is 0 Å². The van der Waals surface area contributed by atoms with E-state index in [1.54, 1.807) is 24.3 Å². The summed E-state index contributed by atoms with van der Waals surface area (Å²) < 4.78 is 5.91. The van der Waals surface area contributed by atoms with Crippen LogP contribution in [0.15, 0.2) is 48.5 Å². The van der Waals surface area contributed by atoms with Crippen molar-refractivity contribution < 1.29 is 9.84 Å². The summed E-state index contributed by atoms with van der Waals surface area (Å²) >= 11 is 0. The number of benzene rings is 2. The van der Waals surface area contributed by atoms with Gasteiger partial charge in [-0.15, -0.1) is 0 Å². The molecule has 94 valence electrons. The Morgan fingerprint density at radius 2 is 1.61 bits per heavy atom. The number of phenols is 1. The van der Waals surface area contributed by atoms with E-state index in [9.17, 15) is 5.11 Å². The molecule has 0 bridgehead atoms. The first-order valence-corrected chi connectivity index (χ1v) is 5.82.